The summed E-state index contributed by atoms with van der Waals surface area (Å²) in [4.78, 5) is 13.6. The molecule has 3 nitrogen and oxygen atoms in total. The van der Waals surface area contributed by atoms with Gasteiger partial charge in [-0.2, -0.15) is 0 Å². The molecule has 1 saturated heterocycles. The SMILES string of the molecule is CCOCC1(C)CCN(C(=O)[C@@H](C)Cl)CC1. The van der Waals surface area contributed by atoms with E-state index in [1.54, 1.807) is 6.92 Å². The molecule has 0 aromatic carbocycles. The highest BCUT2D eigenvalue weighted by molar-refractivity contribution is 6.30. The Kier molecular flexibility index (Phi) is 5.06. The van der Waals surface area contributed by atoms with E-state index in [1.807, 2.05) is 11.8 Å². The lowest BCUT2D eigenvalue weighted by Gasteiger charge is -2.39. The van der Waals surface area contributed by atoms with Crippen molar-refractivity contribution in [2.45, 2.75) is 39.0 Å². The van der Waals surface area contributed by atoms with Crippen molar-refractivity contribution in [3.63, 3.8) is 0 Å². The van der Waals surface area contributed by atoms with Crippen LogP contribution in [0.3, 0.4) is 0 Å². The van der Waals surface area contributed by atoms with Gasteiger partial charge < -0.3 is 9.64 Å². The van der Waals surface area contributed by atoms with E-state index < -0.39 is 5.38 Å². The summed E-state index contributed by atoms with van der Waals surface area (Å²) in [7, 11) is 0. The summed E-state index contributed by atoms with van der Waals surface area (Å²) < 4.78 is 5.49. The Hall–Kier alpha value is -0.280. The molecule has 94 valence electrons. The Bertz CT molecular complexity index is 235. The van der Waals surface area contributed by atoms with Crippen LogP contribution in [0.2, 0.25) is 0 Å². The van der Waals surface area contributed by atoms with Crippen molar-refractivity contribution in [3.05, 3.63) is 0 Å². The zero-order valence-electron chi connectivity index (χ0n) is 10.5. The first-order valence-electron chi connectivity index (χ1n) is 5.99. The number of likely N-dealkylation sites (tertiary alicyclic amines) is 1. The first kappa shape index (κ1) is 13.8. The second-order valence-electron chi connectivity index (χ2n) is 4.89. The largest absolute Gasteiger partial charge is 0.381 e. The van der Waals surface area contributed by atoms with Gasteiger partial charge in [0.25, 0.3) is 0 Å². The zero-order valence-corrected chi connectivity index (χ0v) is 11.2. The molecule has 1 amide bonds. The Morgan fingerprint density at radius 1 is 1.50 bits per heavy atom. The van der Waals surface area contributed by atoms with E-state index in [0.29, 0.717) is 0 Å². The van der Waals surface area contributed by atoms with Crippen LogP contribution in [0, 0.1) is 5.41 Å². The fraction of sp³-hybridized carbons (Fsp3) is 0.917. The Morgan fingerprint density at radius 3 is 2.50 bits per heavy atom. The van der Waals surface area contributed by atoms with Gasteiger partial charge in [0.1, 0.15) is 5.38 Å². The van der Waals surface area contributed by atoms with Crippen LogP contribution in [0.5, 0.6) is 0 Å². The van der Waals surface area contributed by atoms with Gasteiger partial charge in [0.05, 0.1) is 6.61 Å². The molecule has 4 heteroatoms. The standard InChI is InChI=1S/C12H22ClNO2/c1-4-16-9-12(3)5-7-14(8-6-12)11(15)10(2)13/h10H,4-9H2,1-3H3/t10-/m1/s1. The number of hydrogen-bond donors (Lipinski definition) is 0. The third kappa shape index (κ3) is 3.63. The van der Waals surface area contributed by atoms with E-state index in [1.165, 1.54) is 0 Å². The predicted octanol–water partition coefficient (Wildman–Crippen LogP) is 2.28. The number of alkyl halides is 1. The van der Waals surface area contributed by atoms with Gasteiger partial charge in [-0.3, -0.25) is 4.79 Å². The minimum Gasteiger partial charge on any atom is -0.381 e. The maximum atomic E-state index is 11.7. The summed E-state index contributed by atoms with van der Waals surface area (Å²) >= 11 is 5.80. The summed E-state index contributed by atoms with van der Waals surface area (Å²) in [6, 6.07) is 0. The zero-order chi connectivity index (χ0) is 12.2. The number of nitrogens with zero attached hydrogens (tertiary/aromatic N) is 1. The van der Waals surface area contributed by atoms with Gasteiger partial charge in [0, 0.05) is 19.7 Å². The van der Waals surface area contributed by atoms with Crippen molar-refractivity contribution in [3.8, 4) is 0 Å². The molecule has 1 atom stereocenters. The smallest absolute Gasteiger partial charge is 0.240 e. The molecule has 0 spiro atoms. The van der Waals surface area contributed by atoms with Gasteiger partial charge in [-0.1, -0.05) is 6.92 Å². The van der Waals surface area contributed by atoms with Crippen LogP contribution in [0.4, 0.5) is 0 Å². The minimum atomic E-state index is -0.406. The van der Waals surface area contributed by atoms with Crippen LogP contribution in [0.15, 0.2) is 0 Å². The molecule has 1 aliphatic rings. The number of rotatable bonds is 4. The van der Waals surface area contributed by atoms with E-state index in [4.69, 9.17) is 16.3 Å². The van der Waals surface area contributed by atoms with Crippen molar-refractivity contribution in [1.82, 2.24) is 4.90 Å². The van der Waals surface area contributed by atoms with Gasteiger partial charge in [-0.15, -0.1) is 11.6 Å². The lowest BCUT2D eigenvalue weighted by Crippen LogP contribution is -2.45. The van der Waals surface area contributed by atoms with Crippen LogP contribution in [-0.4, -0.2) is 42.5 Å². The van der Waals surface area contributed by atoms with Crippen LogP contribution in [0.25, 0.3) is 0 Å². The summed E-state index contributed by atoms with van der Waals surface area (Å²) in [5.41, 5.74) is 0.225. The molecule has 0 bridgehead atoms. The molecule has 0 aromatic heterocycles. The van der Waals surface area contributed by atoms with Crippen molar-refractivity contribution in [1.29, 1.82) is 0 Å². The minimum absolute atomic E-state index is 0.0557. The van der Waals surface area contributed by atoms with Gasteiger partial charge in [-0.25, -0.2) is 0 Å². The number of carbonyl (C=O) groups excluding carboxylic acids is 1. The molecule has 0 unspecified atom stereocenters. The normalized spacial score (nSPS) is 21.9. The number of carbonyl (C=O) groups is 1. The average molecular weight is 248 g/mol. The number of piperidine rings is 1. The van der Waals surface area contributed by atoms with Crippen molar-refractivity contribution in [2.24, 2.45) is 5.41 Å². The third-order valence-electron chi connectivity index (χ3n) is 3.28. The monoisotopic (exact) mass is 247 g/mol. The Labute approximate surface area is 103 Å². The highest BCUT2D eigenvalue weighted by Gasteiger charge is 2.32. The summed E-state index contributed by atoms with van der Waals surface area (Å²) in [5, 5.41) is -0.406. The van der Waals surface area contributed by atoms with Crippen molar-refractivity contribution >= 4 is 17.5 Å². The first-order valence-corrected chi connectivity index (χ1v) is 6.43. The van der Waals surface area contributed by atoms with Crippen molar-refractivity contribution in [2.75, 3.05) is 26.3 Å². The summed E-state index contributed by atoms with van der Waals surface area (Å²) in [5.74, 6) is 0.0557. The topological polar surface area (TPSA) is 29.5 Å². The molecular formula is C12H22ClNO2. The second-order valence-corrected chi connectivity index (χ2v) is 5.54. The Morgan fingerprint density at radius 2 is 2.06 bits per heavy atom. The average Bonchev–Trinajstić information content (AvgIpc) is 2.26. The van der Waals surface area contributed by atoms with Gasteiger partial charge in [-0.05, 0) is 32.1 Å². The summed E-state index contributed by atoms with van der Waals surface area (Å²) in [6.07, 6.45) is 2.00. The number of hydrogen-bond acceptors (Lipinski definition) is 2. The molecule has 1 heterocycles. The molecule has 0 aromatic rings. The lowest BCUT2D eigenvalue weighted by atomic mass is 9.81. The van der Waals surface area contributed by atoms with E-state index in [9.17, 15) is 4.79 Å². The van der Waals surface area contributed by atoms with E-state index in [0.717, 1.165) is 39.1 Å². The predicted molar refractivity (Wildman–Crippen MR) is 65.7 cm³/mol. The molecule has 0 radical (unpaired) electrons. The molecule has 1 aliphatic heterocycles. The number of halogens is 1. The fourth-order valence-corrected chi connectivity index (χ4v) is 2.15. The third-order valence-corrected chi connectivity index (χ3v) is 3.46. The molecule has 0 saturated carbocycles. The number of amides is 1. The van der Waals surface area contributed by atoms with Crippen LogP contribution >= 0.6 is 11.6 Å². The van der Waals surface area contributed by atoms with Crippen LogP contribution < -0.4 is 0 Å². The fourth-order valence-electron chi connectivity index (χ4n) is 2.01. The maximum Gasteiger partial charge on any atom is 0.240 e. The van der Waals surface area contributed by atoms with Crippen LogP contribution in [0.1, 0.15) is 33.6 Å². The molecular weight excluding hydrogens is 226 g/mol. The molecule has 0 N–H and O–H groups in total. The van der Waals surface area contributed by atoms with Gasteiger partial charge in [0.2, 0.25) is 5.91 Å². The number of ether oxygens (including phenoxy) is 1. The highest BCUT2D eigenvalue weighted by atomic mass is 35.5. The first-order chi connectivity index (χ1) is 7.48. The molecule has 16 heavy (non-hydrogen) atoms. The lowest BCUT2D eigenvalue weighted by molar-refractivity contribution is -0.133. The molecule has 1 rings (SSSR count). The maximum absolute atomic E-state index is 11.7. The summed E-state index contributed by atoms with van der Waals surface area (Å²) in [6.45, 7) is 9.14. The van der Waals surface area contributed by atoms with Gasteiger partial charge >= 0.3 is 0 Å². The van der Waals surface area contributed by atoms with Crippen molar-refractivity contribution < 1.29 is 9.53 Å². The Balaban J connectivity index is 2.41. The molecule has 0 aliphatic carbocycles. The quantitative estimate of drug-likeness (QED) is 0.714. The second kappa shape index (κ2) is 5.87. The van der Waals surface area contributed by atoms with Gasteiger partial charge in [0.15, 0.2) is 0 Å². The highest BCUT2D eigenvalue weighted by Crippen LogP contribution is 2.31. The van der Waals surface area contributed by atoms with E-state index in [2.05, 4.69) is 6.92 Å². The van der Waals surface area contributed by atoms with E-state index >= 15 is 0 Å². The molecule has 1 fully saturated rings. The van der Waals surface area contributed by atoms with Crippen LogP contribution in [-0.2, 0) is 9.53 Å². The van der Waals surface area contributed by atoms with E-state index in [-0.39, 0.29) is 11.3 Å².